The van der Waals surface area contributed by atoms with Crippen molar-refractivity contribution >= 4 is 10.0 Å². The van der Waals surface area contributed by atoms with Gasteiger partial charge in [-0.15, -0.1) is 0 Å². The molecule has 0 unspecified atom stereocenters. The van der Waals surface area contributed by atoms with Crippen molar-refractivity contribution in [2.24, 2.45) is 5.14 Å². The van der Waals surface area contributed by atoms with Crippen molar-refractivity contribution in [3.05, 3.63) is 60.4 Å². The molecule has 3 rings (SSSR count). The van der Waals surface area contributed by atoms with Crippen molar-refractivity contribution in [1.29, 1.82) is 0 Å². The van der Waals surface area contributed by atoms with Crippen LogP contribution < -0.4 is 5.14 Å². The highest BCUT2D eigenvalue weighted by Crippen LogP contribution is 2.38. The van der Waals surface area contributed by atoms with Gasteiger partial charge in [0, 0.05) is 17.5 Å². The normalized spacial score (nSPS) is 11.6. The second-order valence-corrected chi connectivity index (χ2v) is 7.02. The molecule has 0 saturated carbocycles. The molecular formula is C18H18N2O3S. The molecule has 0 spiro atoms. The molecule has 0 radical (unpaired) electrons. The van der Waals surface area contributed by atoms with E-state index in [1.807, 2.05) is 37.3 Å². The van der Waals surface area contributed by atoms with Gasteiger partial charge in [-0.2, -0.15) is 0 Å². The fourth-order valence-corrected chi connectivity index (χ4v) is 3.46. The van der Waals surface area contributed by atoms with E-state index in [2.05, 4.69) is 5.16 Å². The third-order valence-electron chi connectivity index (χ3n) is 3.75. The van der Waals surface area contributed by atoms with Crippen molar-refractivity contribution in [1.82, 2.24) is 5.16 Å². The summed E-state index contributed by atoms with van der Waals surface area (Å²) < 4.78 is 29.5. The van der Waals surface area contributed by atoms with Gasteiger partial charge < -0.3 is 4.52 Å². The molecule has 1 heterocycles. The maximum atomic E-state index is 12.0. The average Bonchev–Trinajstić information content (AvgIpc) is 2.99. The zero-order valence-corrected chi connectivity index (χ0v) is 14.1. The van der Waals surface area contributed by atoms with Gasteiger partial charge in [-0.3, -0.25) is 0 Å². The van der Waals surface area contributed by atoms with Crippen LogP contribution in [0.25, 0.3) is 22.4 Å². The number of benzene rings is 2. The van der Waals surface area contributed by atoms with Crippen LogP contribution in [-0.2, 0) is 16.4 Å². The molecule has 124 valence electrons. The summed E-state index contributed by atoms with van der Waals surface area (Å²) in [6.07, 6.45) is 1.52. The summed E-state index contributed by atoms with van der Waals surface area (Å²) in [7, 11) is -3.86. The lowest BCUT2D eigenvalue weighted by molar-refractivity contribution is 0.385. The number of aryl methyl sites for hydroxylation is 1. The first-order chi connectivity index (χ1) is 11.5. The van der Waals surface area contributed by atoms with Gasteiger partial charge in [0.1, 0.15) is 11.5 Å². The predicted octanol–water partition coefficient (Wildman–Crippen LogP) is 3.61. The number of primary sulfonamides is 1. The molecule has 2 N–H and O–H groups in total. The molecule has 0 fully saturated rings. The molecule has 0 aliphatic heterocycles. The lowest BCUT2D eigenvalue weighted by Gasteiger charge is -2.09. The molecule has 2 aromatic carbocycles. The second-order valence-electron chi connectivity index (χ2n) is 5.49. The van der Waals surface area contributed by atoms with Crippen LogP contribution in [0.15, 0.2) is 64.0 Å². The van der Waals surface area contributed by atoms with Crippen LogP contribution in [0, 0.1) is 0 Å². The van der Waals surface area contributed by atoms with Crippen LogP contribution in [0.4, 0.5) is 0 Å². The van der Waals surface area contributed by atoms with Crippen LogP contribution in [0.3, 0.4) is 0 Å². The summed E-state index contributed by atoms with van der Waals surface area (Å²) in [6, 6.07) is 16.2. The third-order valence-corrected chi connectivity index (χ3v) is 4.72. The predicted molar refractivity (Wildman–Crippen MR) is 92.7 cm³/mol. The Kier molecular flexibility index (Phi) is 4.51. The van der Waals surface area contributed by atoms with E-state index in [0.29, 0.717) is 29.0 Å². The molecule has 0 aliphatic carbocycles. The minimum absolute atomic E-state index is 0.0720. The van der Waals surface area contributed by atoms with E-state index in [9.17, 15) is 8.42 Å². The van der Waals surface area contributed by atoms with E-state index in [1.54, 1.807) is 18.2 Å². The smallest absolute Gasteiger partial charge is 0.238 e. The van der Waals surface area contributed by atoms with E-state index >= 15 is 0 Å². The minimum atomic E-state index is -3.86. The standard InChI is InChI=1S/C18H18N2O3S/c1-2-8-15-17(14-11-6-7-12-16(14)24(19,21)22)18(20-23-15)13-9-4-3-5-10-13/h3-7,9-12H,2,8H2,1H3,(H2,19,21,22). The third kappa shape index (κ3) is 3.11. The SMILES string of the molecule is CCCc1onc(-c2ccccc2)c1-c1ccccc1S(N)(=O)=O. The largest absolute Gasteiger partial charge is 0.360 e. The summed E-state index contributed by atoms with van der Waals surface area (Å²) in [6.45, 7) is 2.03. The number of nitrogens with zero attached hydrogens (tertiary/aromatic N) is 1. The highest BCUT2D eigenvalue weighted by molar-refractivity contribution is 7.89. The van der Waals surface area contributed by atoms with Crippen molar-refractivity contribution in [3.8, 4) is 22.4 Å². The molecule has 0 atom stereocenters. The zero-order valence-electron chi connectivity index (χ0n) is 13.3. The number of sulfonamides is 1. The van der Waals surface area contributed by atoms with Crippen LogP contribution in [0.5, 0.6) is 0 Å². The Bertz CT molecular complexity index is 947. The van der Waals surface area contributed by atoms with E-state index in [-0.39, 0.29) is 4.90 Å². The van der Waals surface area contributed by atoms with Gasteiger partial charge in [0.2, 0.25) is 10.0 Å². The molecule has 0 bridgehead atoms. The van der Waals surface area contributed by atoms with E-state index < -0.39 is 10.0 Å². The monoisotopic (exact) mass is 342 g/mol. The molecule has 5 nitrogen and oxygen atoms in total. The fraction of sp³-hybridized carbons (Fsp3) is 0.167. The summed E-state index contributed by atoms with van der Waals surface area (Å²) >= 11 is 0. The lowest BCUT2D eigenvalue weighted by Crippen LogP contribution is -2.13. The first-order valence-electron chi connectivity index (χ1n) is 7.68. The summed E-state index contributed by atoms with van der Waals surface area (Å²) in [5, 5.41) is 9.59. The van der Waals surface area contributed by atoms with E-state index in [1.165, 1.54) is 6.07 Å². The Labute approximate surface area is 141 Å². The Morgan fingerprint density at radius 1 is 1.04 bits per heavy atom. The zero-order chi connectivity index (χ0) is 17.2. The highest BCUT2D eigenvalue weighted by atomic mass is 32.2. The molecule has 24 heavy (non-hydrogen) atoms. The number of hydrogen-bond acceptors (Lipinski definition) is 4. The number of hydrogen-bond donors (Lipinski definition) is 1. The number of rotatable bonds is 5. The topological polar surface area (TPSA) is 86.2 Å². The Morgan fingerprint density at radius 3 is 2.38 bits per heavy atom. The van der Waals surface area contributed by atoms with Crippen molar-refractivity contribution in [2.75, 3.05) is 0 Å². The number of nitrogens with two attached hydrogens (primary N) is 1. The fourth-order valence-electron chi connectivity index (χ4n) is 2.71. The van der Waals surface area contributed by atoms with E-state index in [0.717, 1.165) is 12.0 Å². The lowest BCUT2D eigenvalue weighted by atomic mass is 9.97. The van der Waals surface area contributed by atoms with Gasteiger partial charge in [0.25, 0.3) is 0 Å². The van der Waals surface area contributed by atoms with Crippen LogP contribution in [0.1, 0.15) is 19.1 Å². The summed E-state index contributed by atoms with van der Waals surface area (Å²) in [5.74, 6) is 0.660. The second kappa shape index (κ2) is 6.59. The maximum Gasteiger partial charge on any atom is 0.238 e. The Morgan fingerprint density at radius 2 is 1.71 bits per heavy atom. The quantitative estimate of drug-likeness (QED) is 0.767. The van der Waals surface area contributed by atoms with E-state index in [4.69, 9.17) is 9.66 Å². The molecule has 6 heteroatoms. The highest BCUT2D eigenvalue weighted by Gasteiger charge is 2.24. The van der Waals surface area contributed by atoms with Gasteiger partial charge in [0.05, 0.1) is 10.5 Å². The molecular weight excluding hydrogens is 324 g/mol. The maximum absolute atomic E-state index is 12.0. The first kappa shape index (κ1) is 16.4. The molecule has 1 aromatic heterocycles. The van der Waals surface area contributed by atoms with Crippen LogP contribution in [0.2, 0.25) is 0 Å². The molecule has 0 amide bonds. The molecule has 0 aliphatic rings. The Balaban J connectivity index is 2.30. The minimum Gasteiger partial charge on any atom is -0.360 e. The van der Waals surface area contributed by atoms with Gasteiger partial charge in [0.15, 0.2) is 0 Å². The summed E-state index contributed by atoms with van der Waals surface area (Å²) in [5.41, 5.74) is 2.69. The molecule has 0 saturated heterocycles. The number of aromatic nitrogens is 1. The molecule has 3 aromatic rings. The Hall–Kier alpha value is -2.44. The van der Waals surface area contributed by atoms with Gasteiger partial charge >= 0.3 is 0 Å². The summed E-state index contributed by atoms with van der Waals surface area (Å²) in [4.78, 5) is 0.0720. The van der Waals surface area contributed by atoms with Crippen LogP contribution in [-0.4, -0.2) is 13.6 Å². The first-order valence-corrected chi connectivity index (χ1v) is 9.23. The van der Waals surface area contributed by atoms with Crippen molar-refractivity contribution in [3.63, 3.8) is 0 Å². The van der Waals surface area contributed by atoms with Crippen LogP contribution >= 0.6 is 0 Å². The van der Waals surface area contributed by atoms with Crippen molar-refractivity contribution < 1.29 is 12.9 Å². The van der Waals surface area contributed by atoms with Gasteiger partial charge in [-0.25, -0.2) is 13.6 Å². The van der Waals surface area contributed by atoms with Gasteiger partial charge in [-0.1, -0.05) is 60.6 Å². The average molecular weight is 342 g/mol. The van der Waals surface area contributed by atoms with Gasteiger partial charge in [-0.05, 0) is 12.5 Å². The van der Waals surface area contributed by atoms with Crippen molar-refractivity contribution in [2.45, 2.75) is 24.7 Å².